The fourth-order valence-corrected chi connectivity index (χ4v) is 3.70. The number of amides is 1. The van der Waals surface area contributed by atoms with Crippen LogP contribution in [0, 0.1) is 0 Å². The van der Waals surface area contributed by atoms with E-state index in [-0.39, 0.29) is 11.9 Å². The van der Waals surface area contributed by atoms with Crippen molar-refractivity contribution in [3.05, 3.63) is 56.7 Å². The van der Waals surface area contributed by atoms with Crippen molar-refractivity contribution in [3.63, 3.8) is 0 Å². The number of halogens is 1. The number of benzene rings is 1. The van der Waals surface area contributed by atoms with E-state index in [1.54, 1.807) is 5.01 Å². The molecule has 3 heterocycles. The maximum Gasteiger partial charge on any atom is 0.274 e. The lowest BCUT2D eigenvalue weighted by Gasteiger charge is -2.10. The second kappa shape index (κ2) is 3.92. The summed E-state index contributed by atoms with van der Waals surface area (Å²) >= 11 is 7.46. The Balaban J connectivity index is 1.75. The standard InChI is InChI=1S/C14H9ClN2OS/c15-13-6-5-12(19-13)10-7-11-8-3-1-2-4-9(8)14(18)17(11)16-10/h1-6,11H,7H2/t11-/m1/s1. The number of thiophene rings is 1. The van der Waals surface area contributed by atoms with Crippen LogP contribution in [-0.2, 0) is 0 Å². The van der Waals surface area contributed by atoms with Gasteiger partial charge < -0.3 is 0 Å². The molecule has 2 aromatic rings. The molecule has 1 aromatic carbocycles. The highest BCUT2D eigenvalue weighted by Gasteiger charge is 2.41. The summed E-state index contributed by atoms with van der Waals surface area (Å²) in [5.41, 5.74) is 2.80. The van der Waals surface area contributed by atoms with E-state index in [9.17, 15) is 4.79 Å². The van der Waals surface area contributed by atoms with Gasteiger partial charge in [0.25, 0.3) is 5.91 Å². The topological polar surface area (TPSA) is 32.7 Å². The van der Waals surface area contributed by atoms with Crippen molar-refractivity contribution < 1.29 is 4.79 Å². The van der Waals surface area contributed by atoms with E-state index in [2.05, 4.69) is 5.10 Å². The molecular formula is C14H9ClN2OS. The lowest BCUT2D eigenvalue weighted by molar-refractivity contribution is 0.0756. The van der Waals surface area contributed by atoms with Crippen LogP contribution in [0.5, 0.6) is 0 Å². The highest BCUT2D eigenvalue weighted by Crippen LogP contribution is 2.41. The number of hydrazone groups is 1. The number of fused-ring (bicyclic) bond motifs is 3. The van der Waals surface area contributed by atoms with Crippen LogP contribution < -0.4 is 0 Å². The zero-order valence-corrected chi connectivity index (χ0v) is 11.4. The van der Waals surface area contributed by atoms with Crippen LogP contribution in [0.25, 0.3) is 0 Å². The van der Waals surface area contributed by atoms with Crippen molar-refractivity contribution in [2.45, 2.75) is 12.5 Å². The van der Waals surface area contributed by atoms with Crippen LogP contribution in [0.4, 0.5) is 0 Å². The Kier molecular flexibility index (Phi) is 2.31. The largest absolute Gasteiger partial charge is 0.274 e. The van der Waals surface area contributed by atoms with Gasteiger partial charge >= 0.3 is 0 Å². The minimum absolute atomic E-state index is 0.00162. The third-order valence-electron chi connectivity index (χ3n) is 3.53. The molecule has 1 aromatic heterocycles. The Morgan fingerprint density at radius 3 is 2.89 bits per heavy atom. The van der Waals surface area contributed by atoms with E-state index in [4.69, 9.17) is 11.6 Å². The van der Waals surface area contributed by atoms with Gasteiger partial charge in [-0.05, 0) is 23.8 Å². The van der Waals surface area contributed by atoms with E-state index in [0.29, 0.717) is 0 Å². The summed E-state index contributed by atoms with van der Waals surface area (Å²) in [7, 11) is 0. The van der Waals surface area contributed by atoms with E-state index >= 15 is 0 Å². The van der Waals surface area contributed by atoms with E-state index < -0.39 is 0 Å². The average Bonchev–Trinajstić information content (AvgIpc) is 3.08. The molecule has 0 saturated heterocycles. The lowest BCUT2D eigenvalue weighted by Crippen LogP contribution is -2.17. The molecule has 2 aliphatic rings. The molecule has 1 atom stereocenters. The molecule has 0 aliphatic carbocycles. The van der Waals surface area contributed by atoms with Crippen LogP contribution in [0.3, 0.4) is 0 Å². The second-order valence-electron chi connectivity index (χ2n) is 4.61. The van der Waals surface area contributed by atoms with Crippen molar-refractivity contribution in [2.75, 3.05) is 0 Å². The fourth-order valence-electron chi connectivity index (χ4n) is 2.66. The summed E-state index contributed by atoms with van der Waals surface area (Å²) in [6, 6.07) is 11.6. The van der Waals surface area contributed by atoms with Crippen molar-refractivity contribution in [3.8, 4) is 0 Å². The first-order valence-electron chi connectivity index (χ1n) is 6.00. The Labute approximate surface area is 119 Å². The molecule has 5 heteroatoms. The van der Waals surface area contributed by atoms with Gasteiger partial charge in [0, 0.05) is 12.0 Å². The number of rotatable bonds is 1. The summed E-state index contributed by atoms with van der Waals surface area (Å²) in [6.45, 7) is 0. The molecule has 0 bridgehead atoms. The van der Waals surface area contributed by atoms with E-state index in [0.717, 1.165) is 32.5 Å². The summed E-state index contributed by atoms with van der Waals surface area (Å²) < 4.78 is 0.747. The molecule has 1 amide bonds. The molecule has 4 rings (SSSR count). The molecule has 0 spiro atoms. The van der Waals surface area contributed by atoms with Crippen molar-refractivity contribution in [1.29, 1.82) is 0 Å². The van der Waals surface area contributed by atoms with Crippen molar-refractivity contribution in [2.24, 2.45) is 5.10 Å². The monoisotopic (exact) mass is 288 g/mol. The van der Waals surface area contributed by atoms with Gasteiger partial charge in [0.2, 0.25) is 0 Å². The first kappa shape index (κ1) is 11.2. The summed E-state index contributed by atoms with van der Waals surface area (Å²) in [5.74, 6) is -0.00162. The molecule has 19 heavy (non-hydrogen) atoms. The second-order valence-corrected chi connectivity index (χ2v) is 6.32. The van der Waals surface area contributed by atoms with Crippen molar-refractivity contribution >= 4 is 34.6 Å². The van der Waals surface area contributed by atoms with Crippen LogP contribution in [0.2, 0.25) is 4.34 Å². The Bertz CT molecular complexity index is 722. The number of nitrogens with zero attached hydrogens (tertiary/aromatic N) is 2. The maximum absolute atomic E-state index is 12.3. The Morgan fingerprint density at radius 1 is 1.26 bits per heavy atom. The van der Waals surface area contributed by atoms with Gasteiger partial charge in [-0.2, -0.15) is 5.10 Å². The van der Waals surface area contributed by atoms with Crippen LogP contribution in [0.1, 0.15) is 33.3 Å². The van der Waals surface area contributed by atoms with Crippen molar-refractivity contribution in [1.82, 2.24) is 5.01 Å². The normalized spacial score (nSPS) is 20.5. The number of carbonyl (C=O) groups is 1. The highest BCUT2D eigenvalue weighted by atomic mass is 35.5. The number of hydrogen-bond acceptors (Lipinski definition) is 3. The quantitative estimate of drug-likeness (QED) is 0.787. The maximum atomic E-state index is 12.3. The van der Waals surface area contributed by atoms with Gasteiger partial charge in [0.1, 0.15) is 0 Å². The molecular weight excluding hydrogens is 280 g/mol. The highest BCUT2D eigenvalue weighted by molar-refractivity contribution is 7.18. The molecule has 0 unspecified atom stereocenters. The van der Waals surface area contributed by atoms with E-state index in [1.165, 1.54) is 11.3 Å². The van der Waals surface area contributed by atoms with Gasteiger partial charge in [-0.25, -0.2) is 5.01 Å². The molecule has 3 nitrogen and oxygen atoms in total. The third-order valence-corrected chi connectivity index (χ3v) is 4.81. The third kappa shape index (κ3) is 1.57. The Hall–Kier alpha value is -1.65. The molecule has 0 radical (unpaired) electrons. The molecule has 2 aliphatic heterocycles. The lowest BCUT2D eigenvalue weighted by atomic mass is 10.0. The summed E-state index contributed by atoms with van der Waals surface area (Å²) in [6.07, 6.45) is 0.763. The molecule has 94 valence electrons. The Morgan fingerprint density at radius 2 is 2.11 bits per heavy atom. The van der Waals surface area contributed by atoms with Gasteiger partial charge in [-0.3, -0.25) is 4.79 Å². The number of hydrogen-bond donors (Lipinski definition) is 0. The molecule has 0 fully saturated rings. The predicted octanol–water partition coefficient (Wildman–Crippen LogP) is 3.71. The zero-order chi connectivity index (χ0) is 13.0. The van der Waals surface area contributed by atoms with Crippen LogP contribution >= 0.6 is 22.9 Å². The predicted molar refractivity (Wildman–Crippen MR) is 75.8 cm³/mol. The fraction of sp³-hybridized carbons (Fsp3) is 0.143. The van der Waals surface area contributed by atoms with Gasteiger partial charge in [0.05, 0.1) is 21.0 Å². The SMILES string of the molecule is O=C1c2ccccc2[C@H]2CC(c3ccc(Cl)s3)=NN12. The number of carbonyl (C=O) groups excluding carboxylic acids is 1. The van der Waals surface area contributed by atoms with Gasteiger partial charge in [-0.1, -0.05) is 29.8 Å². The van der Waals surface area contributed by atoms with Gasteiger partial charge in [-0.15, -0.1) is 11.3 Å². The first-order valence-corrected chi connectivity index (χ1v) is 7.19. The van der Waals surface area contributed by atoms with E-state index in [1.807, 2.05) is 36.4 Å². The smallest absolute Gasteiger partial charge is 0.267 e. The minimum atomic E-state index is -0.00162. The van der Waals surface area contributed by atoms with Crippen LogP contribution in [-0.4, -0.2) is 16.6 Å². The average molecular weight is 289 g/mol. The summed E-state index contributed by atoms with van der Waals surface area (Å²) in [4.78, 5) is 13.3. The first-order chi connectivity index (χ1) is 9.24. The van der Waals surface area contributed by atoms with Crippen LogP contribution in [0.15, 0.2) is 41.5 Å². The molecule has 0 saturated carbocycles. The van der Waals surface area contributed by atoms with Gasteiger partial charge in [0.15, 0.2) is 0 Å². The minimum Gasteiger partial charge on any atom is -0.267 e. The zero-order valence-electron chi connectivity index (χ0n) is 9.84. The molecule has 0 N–H and O–H groups in total. The summed E-state index contributed by atoms with van der Waals surface area (Å²) in [5, 5.41) is 6.09.